The van der Waals surface area contributed by atoms with E-state index >= 15 is 0 Å². The Balaban J connectivity index is 1.80. The van der Waals surface area contributed by atoms with Gasteiger partial charge in [0.05, 0.1) is 17.9 Å². The number of carbonyl (C=O) groups excluding carboxylic acids is 1. The van der Waals surface area contributed by atoms with Gasteiger partial charge in [-0.15, -0.1) is 11.6 Å². The van der Waals surface area contributed by atoms with Crippen LogP contribution in [0, 0.1) is 0 Å². The molecule has 1 fully saturated rings. The number of amides is 1. The fourth-order valence-corrected chi connectivity index (χ4v) is 2.97. The molecule has 0 saturated carbocycles. The van der Waals surface area contributed by atoms with Crippen LogP contribution in [0.5, 0.6) is 0 Å². The number of carbonyl (C=O) groups is 1. The SMILES string of the molecule is O=C1Cc2cc(C(Cl)C3CCCCO3)ccc2N1. The molecule has 0 bridgehead atoms. The van der Waals surface area contributed by atoms with Crippen LogP contribution in [0.1, 0.15) is 35.8 Å². The molecule has 1 aromatic carbocycles. The molecule has 1 amide bonds. The van der Waals surface area contributed by atoms with Crippen LogP contribution in [-0.4, -0.2) is 18.6 Å². The Morgan fingerprint density at radius 3 is 3.06 bits per heavy atom. The Morgan fingerprint density at radius 1 is 1.39 bits per heavy atom. The summed E-state index contributed by atoms with van der Waals surface area (Å²) in [5.74, 6) is 0.0576. The molecule has 1 aromatic rings. The van der Waals surface area contributed by atoms with Crippen LogP contribution >= 0.6 is 11.6 Å². The number of hydrogen-bond donors (Lipinski definition) is 1. The van der Waals surface area contributed by atoms with E-state index in [0.29, 0.717) is 6.42 Å². The van der Waals surface area contributed by atoms with Crippen LogP contribution in [-0.2, 0) is 16.0 Å². The molecule has 2 aliphatic rings. The maximum atomic E-state index is 11.3. The zero-order chi connectivity index (χ0) is 12.5. The van der Waals surface area contributed by atoms with Crippen LogP contribution in [0.3, 0.4) is 0 Å². The molecule has 0 radical (unpaired) electrons. The van der Waals surface area contributed by atoms with E-state index in [-0.39, 0.29) is 17.4 Å². The Hall–Kier alpha value is -1.06. The van der Waals surface area contributed by atoms with Crippen molar-refractivity contribution in [2.45, 2.75) is 37.2 Å². The van der Waals surface area contributed by atoms with E-state index in [4.69, 9.17) is 16.3 Å². The van der Waals surface area contributed by atoms with Crippen LogP contribution in [0.2, 0.25) is 0 Å². The standard InChI is InChI=1S/C14H16ClNO2/c15-14(12-3-1-2-6-18-12)9-4-5-11-10(7-9)8-13(17)16-11/h4-5,7,12,14H,1-3,6,8H2,(H,16,17). The molecule has 2 aliphatic heterocycles. The summed E-state index contributed by atoms with van der Waals surface area (Å²) >= 11 is 6.49. The number of fused-ring (bicyclic) bond motifs is 1. The lowest BCUT2D eigenvalue weighted by molar-refractivity contribution is -0.115. The zero-order valence-electron chi connectivity index (χ0n) is 10.1. The maximum Gasteiger partial charge on any atom is 0.228 e. The van der Waals surface area contributed by atoms with Crippen LogP contribution < -0.4 is 5.32 Å². The molecule has 0 aromatic heterocycles. The van der Waals surface area contributed by atoms with Crippen LogP contribution in [0.25, 0.3) is 0 Å². The van der Waals surface area contributed by atoms with Gasteiger partial charge in [-0.3, -0.25) is 4.79 Å². The summed E-state index contributed by atoms with van der Waals surface area (Å²) in [7, 11) is 0. The van der Waals surface area contributed by atoms with Crippen molar-refractivity contribution >= 4 is 23.2 Å². The van der Waals surface area contributed by atoms with Gasteiger partial charge < -0.3 is 10.1 Å². The van der Waals surface area contributed by atoms with Gasteiger partial charge in [-0.1, -0.05) is 12.1 Å². The summed E-state index contributed by atoms with van der Waals surface area (Å²) < 4.78 is 5.72. The number of alkyl halides is 1. The van der Waals surface area contributed by atoms with Crippen LogP contribution in [0.4, 0.5) is 5.69 Å². The van der Waals surface area contributed by atoms with Gasteiger partial charge in [-0.2, -0.15) is 0 Å². The van der Waals surface area contributed by atoms with E-state index in [1.807, 2.05) is 18.2 Å². The van der Waals surface area contributed by atoms with Gasteiger partial charge in [0.15, 0.2) is 0 Å². The minimum absolute atomic E-state index is 0.0576. The lowest BCUT2D eigenvalue weighted by atomic mass is 9.98. The lowest BCUT2D eigenvalue weighted by Crippen LogP contribution is -2.23. The van der Waals surface area contributed by atoms with Crippen molar-refractivity contribution in [3.63, 3.8) is 0 Å². The van der Waals surface area contributed by atoms with Crippen molar-refractivity contribution in [3.8, 4) is 0 Å². The predicted molar refractivity (Wildman–Crippen MR) is 71.0 cm³/mol. The molecule has 3 nitrogen and oxygen atoms in total. The summed E-state index contributed by atoms with van der Waals surface area (Å²) in [6.07, 6.45) is 3.88. The molecule has 4 heteroatoms. The number of ether oxygens (including phenoxy) is 1. The summed E-state index contributed by atoms with van der Waals surface area (Å²) in [6, 6.07) is 5.96. The normalized spacial score (nSPS) is 24.5. The molecule has 0 aliphatic carbocycles. The number of halogens is 1. The number of rotatable bonds is 2. The third kappa shape index (κ3) is 2.25. The molecular formula is C14H16ClNO2. The number of nitrogens with one attached hydrogen (secondary N) is 1. The summed E-state index contributed by atoms with van der Waals surface area (Å²) in [5, 5.41) is 2.71. The summed E-state index contributed by atoms with van der Waals surface area (Å²) in [5.41, 5.74) is 3.01. The number of hydrogen-bond acceptors (Lipinski definition) is 2. The highest BCUT2D eigenvalue weighted by Crippen LogP contribution is 2.34. The van der Waals surface area contributed by atoms with Crippen molar-refractivity contribution in [3.05, 3.63) is 29.3 Å². The fourth-order valence-electron chi connectivity index (χ4n) is 2.63. The average molecular weight is 266 g/mol. The van der Waals surface area contributed by atoms with Crippen molar-refractivity contribution < 1.29 is 9.53 Å². The monoisotopic (exact) mass is 265 g/mol. The Labute approximate surface area is 111 Å². The predicted octanol–water partition coefficient (Wildman–Crippen LogP) is 3.03. The maximum absolute atomic E-state index is 11.3. The smallest absolute Gasteiger partial charge is 0.228 e. The largest absolute Gasteiger partial charge is 0.376 e. The molecule has 1 N–H and O–H groups in total. The Kier molecular flexibility index (Phi) is 3.27. The molecule has 0 spiro atoms. The van der Waals surface area contributed by atoms with E-state index in [1.165, 1.54) is 6.42 Å². The van der Waals surface area contributed by atoms with Crippen molar-refractivity contribution in [2.24, 2.45) is 0 Å². The van der Waals surface area contributed by atoms with E-state index in [2.05, 4.69) is 5.32 Å². The van der Waals surface area contributed by atoms with Crippen LogP contribution in [0.15, 0.2) is 18.2 Å². The fraction of sp³-hybridized carbons (Fsp3) is 0.500. The average Bonchev–Trinajstić information content (AvgIpc) is 2.78. The molecule has 18 heavy (non-hydrogen) atoms. The van der Waals surface area contributed by atoms with Crippen molar-refractivity contribution in [1.29, 1.82) is 0 Å². The van der Waals surface area contributed by atoms with Crippen molar-refractivity contribution in [2.75, 3.05) is 11.9 Å². The number of benzene rings is 1. The van der Waals surface area contributed by atoms with Gasteiger partial charge in [0, 0.05) is 12.3 Å². The topological polar surface area (TPSA) is 38.3 Å². The quantitative estimate of drug-likeness (QED) is 0.835. The second-order valence-corrected chi connectivity index (χ2v) is 5.42. The molecule has 1 saturated heterocycles. The summed E-state index contributed by atoms with van der Waals surface area (Å²) in [6.45, 7) is 0.804. The van der Waals surface area contributed by atoms with E-state index in [9.17, 15) is 4.79 Å². The van der Waals surface area contributed by atoms with Gasteiger partial charge in [0.2, 0.25) is 5.91 Å². The first-order valence-corrected chi connectivity index (χ1v) is 6.86. The first-order valence-electron chi connectivity index (χ1n) is 6.42. The number of anilines is 1. The minimum Gasteiger partial charge on any atom is -0.376 e. The van der Waals surface area contributed by atoms with E-state index in [1.54, 1.807) is 0 Å². The Morgan fingerprint density at radius 2 is 2.28 bits per heavy atom. The van der Waals surface area contributed by atoms with Gasteiger partial charge in [-0.25, -0.2) is 0 Å². The third-order valence-corrected chi connectivity index (χ3v) is 4.15. The molecule has 2 unspecified atom stereocenters. The third-order valence-electron chi connectivity index (χ3n) is 3.61. The van der Waals surface area contributed by atoms with Gasteiger partial charge in [0.1, 0.15) is 0 Å². The molecule has 3 rings (SSSR count). The van der Waals surface area contributed by atoms with E-state index < -0.39 is 0 Å². The molecule has 2 heterocycles. The first kappa shape index (κ1) is 12.0. The van der Waals surface area contributed by atoms with E-state index in [0.717, 1.165) is 36.3 Å². The highest BCUT2D eigenvalue weighted by Gasteiger charge is 2.26. The highest BCUT2D eigenvalue weighted by atomic mass is 35.5. The zero-order valence-corrected chi connectivity index (χ0v) is 10.9. The van der Waals surface area contributed by atoms with Gasteiger partial charge >= 0.3 is 0 Å². The van der Waals surface area contributed by atoms with Gasteiger partial charge in [0.25, 0.3) is 0 Å². The molecule has 2 atom stereocenters. The minimum atomic E-state index is -0.119. The molecule has 96 valence electrons. The second-order valence-electron chi connectivity index (χ2n) is 4.95. The molecular weight excluding hydrogens is 250 g/mol. The first-order chi connectivity index (χ1) is 8.74. The second kappa shape index (κ2) is 4.90. The van der Waals surface area contributed by atoms with Gasteiger partial charge in [-0.05, 0) is 36.5 Å². The lowest BCUT2D eigenvalue weighted by Gasteiger charge is -2.27. The van der Waals surface area contributed by atoms with Crippen molar-refractivity contribution in [1.82, 2.24) is 0 Å². The highest BCUT2D eigenvalue weighted by molar-refractivity contribution is 6.21. The Bertz CT molecular complexity index is 469. The summed E-state index contributed by atoms with van der Waals surface area (Å²) in [4.78, 5) is 11.3.